The largest absolute Gasteiger partial charge is 0.372 e. The number of halogens is 1. The van der Waals surface area contributed by atoms with Gasteiger partial charge in [0.2, 0.25) is 11.8 Å². The Bertz CT molecular complexity index is 495. The fourth-order valence-corrected chi connectivity index (χ4v) is 2.10. The number of hydrogen-bond donors (Lipinski definition) is 2. The second kappa shape index (κ2) is 5.34. The van der Waals surface area contributed by atoms with Crippen molar-refractivity contribution in [2.75, 3.05) is 11.6 Å². The number of piperidine rings is 1. The summed E-state index contributed by atoms with van der Waals surface area (Å²) in [6.45, 7) is 0. The van der Waals surface area contributed by atoms with Crippen LogP contribution in [-0.2, 0) is 9.59 Å². The van der Waals surface area contributed by atoms with E-state index in [9.17, 15) is 14.0 Å². The van der Waals surface area contributed by atoms with Crippen molar-refractivity contribution in [2.24, 2.45) is 0 Å². The summed E-state index contributed by atoms with van der Waals surface area (Å²) in [7, 11) is 0. The molecule has 5 nitrogen and oxygen atoms in total. The van der Waals surface area contributed by atoms with Crippen LogP contribution >= 0.6 is 11.8 Å². The second-order valence-electron chi connectivity index (χ2n) is 3.86. The van der Waals surface area contributed by atoms with Gasteiger partial charge in [0, 0.05) is 12.5 Å². The van der Waals surface area contributed by atoms with Crippen molar-refractivity contribution in [1.82, 2.24) is 10.3 Å². The topological polar surface area (TPSA) is 71.1 Å². The van der Waals surface area contributed by atoms with E-state index in [2.05, 4.69) is 15.6 Å². The molecule has 1 aromatic rings. The molecule has 1 atom stereocenters. The summed E-state index contributed by atoms with van der Waals surface area (Å²) in [5.41, 5.74) is 0.430. The van der Waals surface area contributed by atoms with Crippen LogP contribution in [0.2, 0.25) is 0 Å². The Morgan fingerprint density at radius 2 is 2.33 bits per heavy atom. The number of aromatic nitrogens is 1. The minimum atomic E-state index is -0.524. The Kier molecular flexibility index (Phi) is 3.81. The molecule has 2 rings (SSSR count). The third-order valence-electron chi connectivity index (χ3n) is 2.58. The molecule has 1 fully saturated rings. The first-order valence-electron chi connectivity index (χ1n) is 5.40. The summed E-state index contributed by atoms with van der Waals surface area (Å²) in [5.74, 6) is -1.10. The van der Waals surface area contributed by atoms with Gasteiger partial charge < -0.3 is 5.32 Å². The van der Waals surface area contributed by atoms with E-state index in [4.69, 9.17) is 0 Å². The maximum absolute atomic E-state index is 13.5. The molecule has 1 unspecified atom stereocenters. The molecule has 0 aliphatic carbocycles. The van der Waals surface area contributed by atoms with Crippen LogP contribution in [-0.4, -0.2) is 29.1 Å². The number of rotatable bonds is 3. The number of carbonyl (C=O) groups excluding carboxylic acids is 2. The quantitative estimate of drug-likeness (QED) is 0.636. The Morgan fingerprint density at radius 1 is 1.56 bits per heavy atom. The van der Waals surface area contributed by atoms with Gasteiger partial charge in [-0.05, 0) is 12.7 Å². The first-order chi connectivity index (χ1) is 8.60. The van der Waals surface area contributed by atoms with Crippen molar-refractivity contribution in [3.8, 4) is 0 Å². The van der Waals surface area contributed by atoms with E-state index in [1.54, 1.807) is 6.26 Å². The van der Waals surface area contributed by atoms with Gasteiger partial charge in [0.05, 0.1) is 11.9 Å². The predicted octanol–water partition coefficient (Wildman–Crippen LogP) is 1.16. The summed E-state index contributed by atoms with van der Waals surface area (Å²) in [6.07, 6.45) is 3.89. The number of nitrogens with one attached hydrogen (secondary N) is 2. The number of hydrogen-bond acceptors (Lipinski definition) is 5. The van der Waals surface area contributed by atoms with Crippen LogP contribution in [0.3, 0.4) is 0 Å². The number of amides is 2. The van der Waals surface area contributed by atoms with Crippen molar-refractivity contribution in [2.45, 2.75) is 23.9 Å². The Hall–Kier alpha value is -1.63. The van der Waals surface area contributed by atoms with E-state index in [0.717, 1.165) is 0 Å². The molecular weight excluding hydrogens is 257 g/mol. The maximum Gasteiger partial charge on any atom is 0.249 e. The van der Waals surface area contributed by atoms with Gasteiger partial charge in [-0.2, -0.15) is 0 Å². The van der Waals surface area contributed by atoms with Crippen LogP contribution in [0.25, 0.3) is 0 Å². The van der Waals surface area contributed by atoms with Crippen LogP contribution in [0.15, 0.2) is 17.3 Å². The van der Waals surface area contributed by atoms with E-state index in [0.29, 0.717) is 17.1 Å². The van der Waals surface area contributed by atoms with Crippen LogP contribution in [0.4, 0.5) is 10.1 Å². The SMILES string of the molecule is CSc1ncc(NC2CCC(=O)NC2=O)cc1F. The van der Waals surface area contributed by atoms with Gasteiger partial charge in [-0.25, -0.2) is 9.37 Å². The third kappa shape index (κ3) is 2.79. The molecule has 1 aliphatic rings. The van der Waals surface area contributed by atoms with E-state index < -0.39 is 11.9 Å². The van der Waals surface area contributed by atoms with E-state index in [1.165, 1.54) is 24.0 Å². The molecule has 1 aromatic heterocycles. The number of thioether (sulfide) groups is 1. The highest BCUT2D eigenvalue weighted by Gasteiger charge is 2.26. The second-order valence-corrected chi connectivity index (χ2v) is 4.66. The van der Waals surface area contributed by atoms with Gasteiger partial charge >= 0.3 is 0 Å². The summed E-state index contributed by atoms with van der Waals surface area (Å²) >= 11 is 1.21. The smallest absolute Gasteiger partial charge is 0.249 e. The number of nitrogens with zero attached hydrogens (tertiary/aromatic N) is 1. The molecule has 1 saturated heterocycles. The molecule has 0 spiro atoms. The highest BCUT2D eigenvalue weighted by atomic mass is 32.2. The van der Waals surface area contributed by atoms with Gasteiger partial charge in [-0.15, -0.1) is 11.8 Å². The zero-order valence-electron chi connectivity index (χ0n) is 9.70. The predicted molar refractivity (Wildman–Crippen MR) is 65.8 cm³/mol. The lowest BCUT2D eigenvalue weighted by atomic mass is 10.1. The molecule has 2 amide bonds. The van der Waals surface area contributed by atoms with Crippen LogP contribution in [0.1, 0.15) is 12.8 Å². The average Bonchev–Trinajstić information content (AvgIpc) is 2.33. The van der Waals surface area contributed by atoms with Crippen molar-refractivity contribution in [3.05, 3.63) is 18.1 Å². The van der Waals surface area contributed by atoms with Gasteiger partial charge in [0.1, 0.15) is 11.1 Å². The van der Waals surface area contributed by atoms with E-state index in [1.807, 2.05) is 0 Å². The molecule has 2 N–H and O–H groups in total. The average molecular weight is 269 g/mol. The molecule has 96 valence electrons. The minimum absolute atomic E-state index is 0.278. The van der Waals surface area contributed by atoms with E-state index in [-0.39, 0.29) is 18.2 Å². The molecular formula is C11H12FN3O2S. The van der Waals surface area contributed by atoms with Crippen LogP contribution in [0, 0.1) is 5.82 Å². The highest BCUT2D eigenvalue weighted by molar-refractivity contribution is 7.98. The number of pyridine rings is 1. The molecule has 1 aliphatic heterocycles. The first-order valence-corrected chi connectivity index (χ1v) is 6.62. The third-order valence-corrected chi connectivity index (χ3v) is 3.27. The van der Waals surface area contributed by atoms with Crippen molar-refractivity contribution in [1.29, 1.82) is 0 Å². The lowest BCUT2D eigenvalue weighted by Gasteiger charge is -2.22. The zero-order chi connectivity index (χ0) is 13.1. The van der Waals surface area contributed by atoms with Crippen LogP contribution in [0.5, 0.6) is 0 Å². The lowest BCUT2D eigenvalue weighted by Crippen LogP contribution is -2.47. The highest BCUT2D eigenvalue weighted by Crippen LogP contribution is 2.20. The van der Waals surface area contributed by atoms with Crippen LogP contribution < -0.4 is 10.6 Å². The van der Waals surface area contributed by atoms with Gasteiger partial charge in [0.15, 0.2) is 5.82 Å². The summed E-state index contributed by atoms with van der Waals surface area (Å²) in [4.78, 5) is 26.4. The molecule has 0 saturated carbocycles. The number of anilines is 1. The fraction of sp³-hybridized carbons (Fsp3) is 0.364. The standard InChI is InChI=1S/C11H12FN3O2S/c1-18-11-7(12)4-6(5-13-11)14-8-2-3-9(16)15-10(8)17/h4-5,8,14H,2-3H2,1H3,(H,15,16,17). The normalized spacial score (nSPS) is 19.6. The monoisotopic (exact) mass is 269 g/mol. The number of imide groups is 1. The van der Waals surface area contributed by atoms with Crippen molar-refractivity contribution >= 4 is 29.3 Å². The van der Waals surface area contributed by atoms with Gasteiger partial charge in [-0.3, -0.25) is 14.9 Å². The Morgan fingerprint density at radius 3 is 2.94 bits per heavy atom. The fourth-order valence-electron chi connectivity index (χ4n) is 1.69. The lowest BCUT2D eigenvalue weighted by molar-refractivity contribution is -0.133. The van der Waals surface area contributed by atoms with Gasteiger partial charge in [0.25, 0.3) is 0 Å². The Balaban J connectivity index is 2.07. The van der Waals surface area contributed by atoms with Crippen molar-refractivity contribution < 1.29 is 14.0 Å². The molecule has 0 aromatic carbocycles. The van der Waals surface area contributed by atoms with Crippen molar-refractivity contribution in [3.63, 3.8) is 0 Å². The zero-order valence-corrected chi connectivity index (χ0v) is 10.5. The molecule has 2 heterocycles. The van der Waals surface area contributed by atoms with Gasteiger partial charge in [-0.1, -0.05) is 0 Å². The molecule has 18 heavy (non-hydrogen) atoms. The molecule has 0 radical (unpaired) electrons. The summed E-state index contributed by atoms with van der Waals surface area (Å²) in [5, 5.41) is 5.40. The summed E-state index contributed by atoms with van der Waals surface area (Å²) in [6, 6.07) is 0.770. The minimum Gasteiger partial charge on any atom is -0.372 e. The van der Waals surface area contributed by atoms with E-state index >= 15 is 0 Å². The number of carbonyl (C=O) groups is 2. The molecule has 7 heteroatoms. The Labute approximate surface area is 108 Å². The maximum atomic E-state index is 13.5. The first kappa shape index (κ1) is 12.8. The summed E-state index contributed by atoms with van der Waals surface area (Å²) < 4.78 is 13.5. The molecule has 0 bridgehead atoms.